The number of ether oxygens (including phenoxy) is 1. The number of aliphatic hydroxyl groups excluding tert-OH is 1. The summed E-state index contributed by atoms with van der Waals surface area (Å²) in [6.45, 7) is 8.90. The Balaban J connectivity index is 2.34. The van der Waals surface area contributed by atoms with Gasteiger partial charge in [-0.25, -0.2) is 0 Å². The Hall–Kier alpha value is -0.340. The van der Waals surface area contributed by atoms with E-state index in [2.05, 4.69) is 13.5 Å². The van der Waals surface area contributed by atoms with Crippen LogP contribution < -0.4 is 0 Å². The summed E-state index contributed by atoms with van der Waals surface area (Å²) in [7, 11) is 0. The fourth-order valence-corrected chi connectivity index (χ4v) is 2.38. The van der Waals surface area contributed by atoms with E-state index >= 15 is 0 Å². The third-order valence-corrected chi connectivity index (χ3v) is 3.53. The Labute approximate surface area is 73.2 Å². The summed E-state index contributed by atoms with van der Waals surface area (Å²) in [6, 6.07) is 0. The van der Waals surface area contributed by atoms with Gasteiger partial charge in [0.25, 0.3) is 0 Å². The lowest BCUT2D eigenvalue weighted by molar-refractivity contribution is -0.0863. The largest absolute Gasteiger partial charge is 0.390 e. The first-order valence-electron chi connectivity index (χ1n) is 4.57. The first-order valence-corrected chi connectivity index (χ1v) is 4.57. The van der Waals surface area contributed by atoms with E-state index in [9.17, 15) is 5.11 Å². The van der Waals surface area contributed by atoms with Crippen LogP contribution in [0.15, 0.2) is 12.2 Å². The molecule has 2 nitrogen and oxygen atoms in total. The molecule has 0 spiro atoms. The normalized spacial score (nSPS) is 52.9. The standard InChI is InChI=1S/C10H16O2/c1-6-5-12-10(3)7(2)8(6)4-9(10)11/h6,8-9,11H,2,4-5H2,1,3H3/t6-,8-,9+,10+/m0/s1. The van der Waals surface area contributed by atoms with Crippen molar-refractivity contribution in [2.24, 2.45) is 11.8 Å². The van der Waals surface area contributed by atoms with Gasteiger partial charge >= 0.3 is 0 Å². The van der Waals surface area contributed by atoms with Gasteiger partial charge in [0.2, 0.25) is 0 Å². The van der Waals surface area contributed by atoms with Crippen molar-refractivity contribution in [2.75, 3.05) is 6.61 Å². The van der Waals surface area contributed by atoms with Gasteiger partial charge in [-0.2, -0.15) is 0 Å². The summed E-state index contributed by atoms with van der Waals surface area (Å²) in [6.07, 6.45) is 0.483. The molecule has 2 bridgehead atoms. The van der Waals surface area contributed by atoms with Crippen molar-refractivity contribution in [1.82, 2.24) is 0 Å². The molecule has 0 amide bonds. The highest BCUT2D eigenvalue weighted by atomic mass is 16.5. The molecule has 1 heterocycles. The van der Waals surface area contributed by atoms with E-state index in [-0.39, 0.29) is 6.10 Å². The minimum atomic E-state index is -0.447. The lowest BCUT2D eigenvalue weighted by Crippen LogP contribution is -2.42. The SMILES string of the molecule is C=C1[C@H]2C[C@@H](O)[C@]1(C)OC[C@@H]2C. The zero-order chi connectivity index (χ0) is 8.93. The molecule has 0 aromatic heterocycles. The molecule has 68 valence electrons. The van der Waals surface area contributed by atoms with Gasteiger partial charge in [0.05, 0.1) is 12.7 Å². The Kier molecular flexibility index (Phi) is 1.61. The van der Waals surface area contributed by atoms with Crippen LogP contribution in [-0.2, 0) is 4.74 Å². The monoisotopic (exact) mass is 168 g/mol. The van der Waals surface area contributed by atoms with Crippen LogP contribution >= 0.6 is 0 Å². The number of fused-ring (bicyclic) bond motifs is 2. The molecule has 0 unspecified atom stereocenters. The van der Waals surface area contributed by atoms with Gasteiger partial charge in [0.1, 0.15) is 5.60 Å². The Morgan fingerprint density at radius 1 is 1.67 bits per heavy atom. The summed E-state index contributed by atoms with van der Waals surface area (Å²) in [4.78, 5) is 0. The fraction of sp³-hybridized carbons (Fsp3) is 0.800. The molecule has 2 fully saturated rings. The maximum absolute atomic E-state index is 9.76. The van der Waals surface area contributed by atoms with Gasteiger partial charge in [0, 0.05) is 0 Å². The molecule has 1 aliphatic heterocycles. The van der Waals surface area contributed by atoms with E-state index in [4.69, 9.17) is 4.74 Å². The highest BCUT2D eigenvalue weighted by Gasteiger charge is 2.52. The first-order chi connectivity index (χ1) is 5.55. The number of rotatable bonds is 0. The number of hydrogen-bond acceptors (Lipinski definition) is 2. The van der Waals surface area contributed by atoms with Crippen molar-refractivity contribution in [3.05, 3.63) is 12.2 Å². The molecule has 1 saturated heterocycles. The minimum Gasteiger partial charge on any atom is -0.390 e. The second kappa shape index (κ2) is 2.33. The number of aliphatic hydroxyl groups is 1. The molecule has 2 heteroatoms. The Morgan fingerprint density at radius 2 is 2.33 bits per heavy atom. The molecule has 0 radical (unpaired) electrons. The van der Waals surface area contributed by atoms with Gasteiger partial charge in [-0.3, -0.25) is 0 Å². The zero-order valence-corrected chi connectivity index (χ0v) is 7.71. The van der Waals surface area contributed by atoms with Crippen LogP contribution in [0.5, 0.6) is 0 Å². The highest BCUT2D eigenvalue weighted by Crippen LogP contribution is 2.48. The quantitative estimate of drug-likeness (QED) is 0.553. The predicted octanol–water partition coefficient (Wildman–Crippen LogP) is 1.35. The van der Waals surface area contributed by atoms with Gasteiger partial charge in [0.15, 0.2) is 0 Å². The second-order valence-electron chi connectivity index (χ2n) is 4.28. The second-order valence-corrected chi connectivity index (χ2v) is 4.28. The van der Waals surface area contributed by atoms with Crippen molar-refractivity contribution in [3.63, 3.8) is 0 Å². The molecule has 2 rings (SSSR count). The minimum absolute atomic E-state index is 0.347. The molecule has 0 aromatic carbocycles. The van der Waals surface area contributed by atoms with Crippen molar-refractivity contribution < 1.29 is 9.84 Å². The molecule has 1 N–H and O–H groups in total. The molecule has 12 heavy (non-hydrogen) atoms. The van der Waals surface area contributed by atoms with Crippen LogP contribution in [-0.4, -0.2) is 23.4 Å². The molecule has 4 atom stereocenters. The van der Waals surface area contributed by atoms with Gasteiger partial charge < -0.3 is 9.84 Å². The zero-order valence-electron chi connectivity index (χ0n) is 7.71. The van der Waals surface area contributed by atoms with Gasteiger partial charge in [-0.15, -0.1) is 0 Å². The lowest BCUT2D eigenvalue weighted by atomic mass is 9.84. The Bertz CT molecular complexity index is 224. The van der Waals surface area contributed by atoms with Crippen molar-refractivity contribution in [1.29, 1.82) is 0 Å². The van der Waals surface area contributed by atoms with E-state index in [0.29, 0.717) is 11.8 Å². The van der Waals surface area contributed by atoms with E-state index in [1.54, 1.807) is 0 Å². The molecule has 2 aliphatic rings. The van der Waals surface area contributed by atoms with Crippen molar-refractivity contribution in [2.45, 2.75) is 32.0 Å². The third-order valence-electron chi connectivity index (χ3n) is 3.53. The topological polar surface area (TPSA) is 29.5 Å². The average Bonchev–Trinajstić information content (AvgIpc) is 2.17. The van der Waals surface area contributed by atoms with Crippen molar-refractivity contribution >= 4 is 0 Å². The highest BCUT2D eigenvalue weighted by molar-refractivity contribution is 5.27. The van der Waals surface area contributed by atoms with Crippen LogP contribution in [0, 0.1) is 11.8 Å². The predicted molar refractivity (Wildman–Crippen MR) is 46.8 cm³/mol. The van der Waals surface area contributed by atoms with E-state index in [1.165, 1.54) is 0 Å². The summed E-state index contributed by atoms with van der Waals surface area (Å²) >= 11 is 0. The fourth-order valence-electron chi connectivity index (χ4n) is 2.38. The summed E-state index contributed by atoms with van der Waals surface area (Å²) in [5.74, 6) is 0.987. The maximum Gasteiger partial charge on any atom is 0.112 e. The lowest BCUT2D eigenvalue weighted by Gasteiger charge is -2.36. The smallest absolute Gasteiger partial charge is 0.112 e. The average molecular weight is 168 g/mol. The molecular weight excluding hydrogens is 152 g/mol. The summed E-state index contributed by atoms with van der Waals surface area (Å²) < 4.78 is 5.64. The summed E-state index contributed by atoms with van der Waals surface area (Å²) in [5, 5.41) is 9.76. The molecular formula is C10H16O2. The number of hydrogen-bond donors (Lipinski definition) is 1. The van der Waals surface area contributed by atoms with Crippen LogP contribution in [0.3, 0.4) is 0 Å². The molecule has 0 aromatic rings. The Morgan fingerprint density at radius 3 is 2.92 bits per heavy atom. The molecule has 1 aliphatic carbocycles. The van der Waals surface area contributed by atoms with Crippen LogP contribution in [0.4, 0.5) is 0 Å². The van der Waals surface area contributed by atoms with E-state index in [1.807, 2.05) is 6.92 Å². The first kappa shape index (κ1) is 8.27. The summed E-state index contributed by atoms with van der Waals surface area (Å²) in [5.41, 5.74) is 0.644. The van der Waals surface area contributed by atoms with Gasteiger partial charge in [-0.05, 0) is 30.8 Å². The van der Waals surface area contributed by atoms with Gasteiger partial charge in [-0.1, -0.05) is 13.5 Å². The maximum atomic E-state index is 9.76. The van der Waals surface area contributed by atoms with Crippen molar-refractivity contribution in [3.8, 4) is 0 Å². The van der Waals surface area contributed by atoms with Crippen LogP contribution in [0.25, 0.3) is 0 Å². The van der Waals surface area contributed by atoms with Crippen LogP contribution in [0.1, 0.15) is 20.3 Å². The molecule has 1 saturated carbocycles. The van der Waals surface area contributed by atoms with E-state index in [0.717, 1.165) is 18.6 Å². The van der Waals surface area contributed by atoms with Crippen LogP contribution in [0.2, 0.25) is 0 Å². The third kappa shape index (κ3) is 0.824. The van der Waals surface area contributed by atoms with E-state index < -0.39 is 5.60 Å².